The van der Waals surface area contributed by atoms with Crippen molar-refractivity contribution in [3.63, 3.8) is 0 Å². The predicted octanol–water partition coefficient (Wildman–Crippen LogP) is 5.19. The third-order valence-corrected chi connectivity index (χ3v) is 8.10. The minimum atomic E-state index is -1.01. The first-order valence-corrected chi connectivity index (χ1v) is 12.8. The van der Waals surface area contributed by atoms with Crippen molar-refractivity contribution < 1.29 is 24.2 Å². The van der Waals surface area contributed by atoms with E-state index in [2.05, 4.69) is 45.2 Å². The Hall–Kier alpha value is -3.23. The van der Waals surface area contributed by atoms with Gasteiger partial charge in [0.1, 0.15) is 18.8 Å². The molecule has 1 saturated carbocycles. The van der Waals surface area contributed by atoms with Gasteiger partial charge in [-0.3, -0.25) is 4.98 Å². The van der Waals surface area contributed by atoms with Crippen molar-refractivity contribution >= 4 is 28.0 Å². The van der Waals surface area contributed by atoms with Crippen molar-refractivity contribution in [1.82, 2.24) is 9.88 Å². The molecule has 7 nitrogen and oxygen atoms in total. The molecule has 0 radical (unpaired) electrons. The summed E-state index contributed by atoms with van der Waals surface area (Å²) < 4.78 is 12.5. The Bertz CT molecular complexity index is 1280. The van der Waals surface area contributed by atoms with Crippen LogP contribution in [-0.4, -0.2) is 53.4 Å². The van der Waals surface area contributed by atoms with Crippen LogP contribution in [0, 0.1) is 5.41 Å². The van der Waals surface area contributed by atoms with Crippen LogP contribution in [0.2, 0.25) is 0 Å². The van der Waals surface area contributed by atoms with E-state index in [9.17, 15) is 9.59 Å². The number of carboxylic acids is 1. The highest BCUT2D eigenvalue weighted by atomic mass is 79.9. The summed E-state index contributed by atoms with van der Waals surface area (Å²) in [7, 11) is 0. The fourth-order valence-corrected chi connectivity index (χ4v) is 6.40. The molecule has 0 unspecified atom stereocenters. The maximum absolute atomic E-state index is 12.9. The van der Waals surface area contributed by atoms with Crippen LogP contribution in [0.15, 0.2) is 71.3 Å². The number of likely N-dealkylation sites (tertiary alicyclic amines) is 1. The van der Waals surface area contributed by atoms with Crippen LogP contribution >= 0.6 is 15.9 Å². The van der Waals surface area contributed by atoms with Crippen LogP contribution in [-0.2, 0) is 19.9 Å². The number of halogens is 1. The van der Waals surface area contributed by atoms with Crippen LogP contribution in [0.3, 0.4) is 0 Å². The molecule has 3 aromatic rings. The SMILES string of the molecule is O=C(O)COC1(c2ccc(Br)cn2)CC2(CN(C(=O)OCC3c4ccccc4-c4ccccc43)C2)C1. The van der Waals surface area contributed by atoms with Gasteiger partial charge in [0, 0.05) is 35.1 Å². The van der Waals surface area contributed by atoms with Gasteiger partial charge in [-0.25, -0.2) is 9.59 Å². The number of nitrogens with zero attached hydrogens (tertiary/aromatic N) is 2. The Balaban J connectivity index is 1.09. The van der Waals surface area contributed by atoms with Crippen molar-refractivity contribution in [2.45, 2.75) is 24.4 Å². The van der Waals surface area contributed by atoms with E-state index < -0.39 is 11.6 Å². The second kappa shape index (κ2) is 8.71. The summed E-state index contributed by atoms with van der Waals surface area (Å²) in [5, 5.41) is 9.15. The molecule has 1 saturated heterocycles. The lowest BCUT2D eigenvalue weighted by molar-refractivity contribution is -0.221. The van der Waals surface area contributed by atoms with Crippen LogP contribution in [0.1, 0.15) is 35.6 Å². The summed E-state index contributed by atoms with van der Waals surface area (Å²) in [6, 6.07) is 20.3. The third kappa shape index (κ3) is 3.89. The lowest BCUT2D eigenvalue weighted by atomic mass is 9.54. The van der Waals surface area contributed by atoms with Gasteiger partial charge in [-0.15, -0.1) is 0 Å². The summed E-state index contributed by atoms with van der Waals surface area (Å²) in [6.07, 6.45) is 2.62. The van der Waals surface area contributed by atoms with Gasteiger partial charge >= 0.3 is 12.1 Å². The van der Waals surface area contributed by atoms with Gasteiger partial charge in [0.05, 0.1) is 5.69 Å². The number of rotatable bonds is 6. The number of carbonyl (C=O) groups is 2. The minimum absolute atomic E-state index is 0.0286. The fraction of sp³-hybridized carbons (Fsp3) is 0.321. The molecule has 2 aromatic carbocycles. The molecule has 0 atom stereocenters. The number of aromatic nitrogens is 1. The number of hydrogen-bond acceptors (Lipinski definition) is 5. The molecular formula is C28H25BrN2O5. The van der Waals surface area contributed by atoms with Crippen LogP contribution < -0.4 is 0 Å². The molecule has 184 valence electrons. The third-order valence-electron chi connectivity index (χ3n) is 7.63. The topological polar surface area (TPSA) is 89.0 Å². The molecule has 0 bridgehead atoms. The molecule has 1 spiro atoms. The molecule has 3 aliphatic rings. The molecule has 1 N–H and O–H groups in total. The van der Waals surface area contributed by atoms with E-state index >= 15 is 0 Å². The Morgan fingerprint density at radius 3 is 2.22 bits per heavy atom. The predicted molar refractivity (Wildman–Crippen MR) is 136 cm³/mol. The number of aliphatic carboxylic acids is 1. The molecule has 1 aliphatic heterocycles. The van der Waals surface area contributed by atoms with Gasteiger partial charge < -0.3 is 19.5 Å². The monoisotopic (exact) mass is 548 g/mol. The molecule has 8 heteroatoms. The molecule has 1 amide bonds. The van der Waals surface area contributed by atoms with Crippen molar-refractivity contribution in [1.29, 1.82) is 0 Å². The standard InChI is InChI=1S/C28H25BrN2O5/c29-18-9-10-24(30-11-18)28(36-13-25(32)33)14-27(15-28)16-31(17-27)26(34)35-12-23-21-7-3-1-5-19(21)20-6-2-4-8-22(20)23/h1-11,23H,12-17H2,(H,32,33). The minimum Gasteiger partial charge on any atom is -0.480 e. The highest BCUT2D eigenvalue weighted by Crippen LogP contribution is 2.60. The van der Waals surface area contributed by atoms with Gasteiger partial charge in [-0.1, -0.05) is 48.5 Å². The number of fused-ring (bicyclic) bond motifs is 3. The molecule has 1 aromatic heterocycles. The van der Waals surface area contributed by atoms with Crippen molar-refractivity contribution in [3.05, 3.63) is 88.2 Å². The smallest absolute Gasteiger partial charge is 0.409 e. The van der Waals surface area contributed by atoms with Crippen LogP contribution in [0.25, 0.3) is 11.1 Å². The van der Waals surface area contributed by atoms with Gasteiger partial charge in [0.25, 0.3) is 0 Å². The van der Waals surface area contributed by atoms with E-state index in [0.717, 1.165) is 10.2 Å². The van der Waals surface area contributed by atoms with E-state index in [4.69, 9.17) is 14.6 Å². The lowest BCUT2D eigenvalue weighted by Crippen LogP contribution is -2.68. The van der Waals surface area contributed by atoms with Crippen molar-refractivity contribution in [2.24, 2.45) is 5.41 Å². The maximum atomic E-state index is 12.9. The van der Waals surface area contributed by atoms with Crippen molar-refractivity contribution in [2.75, 3.05) is 26.3 Å². The number of hydrogen-bond donors (Lipinski definition) is 1. The number of pyridine rings is 1. The van der Waals surface area contributed by atoms with Crippen molar-refractivity contribution in [3.8, 4) is 11.1 Å². The first kappa shape index (κ1) is 23.2. The molecule has 2 aliphatic carbocycles. The number of carboxylic acid groups (broad SMARTS) is 1. The Morgan fingerprint density at radius 2 is 1.64 bits per heavy atom. The average Bonchev–Trinajstić information content (AvgIpc) is 3.15. The first-order valence-electron chi connectivity index (χ1n) is 12.0. The summed E-state index contributed by atoms with van der Waals surface area (Å²) >= 11 is 3.39. The number of benzene rings is 2. The van der Waals surface area contributed by atoms with E-state index in [1.807, 2.05) is 36.4 Å². The van der Waals surface area contributed by atoms with Gasteiger partial charge in [-0.2, -0.15) is 0 Å². The molecule has 2 fully saturated rings. The highest BCUT2D eigenvalue weighted by molar-refractivity contribution is 9.10. The van der Waals surface area contributed by atoms with Gasteiger partial charge in [-0.05, 0) is 63.2 Å². The number of amides is 1. The Morgan fingerprint density at radius 1 is 1.00 bits per heavy atom. The zero-order valence-corrected chi connectivity index (χ0v) is 21.1. The maximum Gasteiger partial charge on any atom is 0.409 e. The fourth-order valence-electron chi connectivity index (χ4n) is 6.16. The number of carbonyl (C=O) groups excluding carboxylic acids is 1. The summed E-state index contributed by atoms with van der Waals surface area (Å²) in [5.41, 5.74) is 4.65. The largest absolute Gasteiger partial charge is 0.480 e. The zero-order chi connectivity index (χ0) is 24.9. The Labute approximate surface area is 217 Å². The van der Waals surface area contributed by atoms with E-state index in [1.165, 1.54) is 22.3 Å². The van der Waals surface area contributed by atoms with E-state index in [1.54, 1.807) is 11.1 Å². The molecule has 6 rings (SSSR count). The van der Waals surface area contributed by atoms with E-state index in [-0.39, 0.29) is 24.0 Å². The second-order valence-electron chi connectivity index (χ2n) is 10.1. The van der Waals surface area contributed by atoms with E-state index in [0.29, 0.717) is 32.5 Å². The summed E-state index contributed by atoms with van der Waals surface area (Å²) in [4.78, 5) is 30.3. The van der Waals surface area contributed by atoms with Crippen LogP contribution in [0.4, 0.5) is 4.79 Å². The highest BCUT2D eigenvalue weighted by Gasteiger charge is 2.63. The summed E-state index contributed by atoms with van der Waals surface area (Å²) in [6.45, 7) is 1.05. The summed E-state index contributed by atoms with van der Waals surface area (Å²) in [5.74, 6) is -0.984. The van der Waals surface area contributed by atoms with Gasteiger partial charge in [0.15, 0.2) is 0 Å². The first-order chi connectivity index (χ1) is 17.4. The average molecular weight is 549 g/mol. The molecular weight excluding hydrogens is 524 g/mol. The molecule has 2 heterocycles. The normalized spacial score (nSPS) is 18.6. The van der Waals surface area contributed by atoms with Gasteiger partial charge in [0.2, 0.25) is 0 Å². The second-order valence-corrected chi connectivity index (χ2v) is 11.0. The molecule has 36 heavy (non-hydrogen) atoms. The lowest BCUT2D eigenvalue weighted by Gasteiger charge is -2.62. The zero-order valence-electron chi connectivity index (χ0n) is 19.5. The van der Waals surface area contributed by atoms with Crippen LogP contribution in [0.5, 0.6) is 0 Å². The quantitative estimate of drug-likeness (QED) is 0.456. The Kier molecular flexibility index (Phi) is 5.61. The number of ether oxygens (including phenoxy) is 2.